The summed E-state index contributed by atoms with van der Waals surface area (Å²) in [5.41, 5.74) is 3.39. The van der Waals surface area contributed by atoms with Crippen LogP contribution in [-0.4, -0.2) is 21.5 Å². The summed E-state index contributed by atoms with van der Waals surface area (Å²) >= 11 is 1.25. The maximum absolute atomic E-state index is 12.4. The highest BCUT2D eigenvalue weighted by molar-refractivity contribution is 7.99. The van der Waals surface area contributed by atoms with Gasteiger partial charge < -0.3 is 4.98 Å². The van der Waals surface area contributed by atoms with Crippen LogP contribution in [-0.2, 0) is 0 Å². The lowest BCUT2D eigenvalue weighted by atomic mass is 10.0. The molecule has 0 atom stereocenters. The van der Waals surface area contributed by atoms with Gasteiger partial charge in [-0.15, -0.1) is 0 Å². The average Bonchev–Trinajstić information content (AvgIpc) is 2.66. The number of hydrogen-bond donors (Lipinski definition) is 1. The van der Waals surface area contributed by atoms with E-state index in [0.29, 0.717) is 10.7 Å². The Morgan fingerprint density at radius 3 is 2.35 bits per heavy atom. The van der Waals surface area contributed by atoms with Crippen LogP contribution in [0.4, 0.5) is 0 Å². The fourth-order valence-electron chi connectivity index (χ4n) is 2.51. The highest BCUT2D eigenvalue weighted by atomic mass is 32.2. The Morgan fingerprint density at radius 2 is 1.69 bits per heavy atom. The van der Waals surface area contributed by atoms with E-state index in [2.05, 4.69) is 9.97 Å². The molecular weight excluding hydrogens is 344 g/mol. The topological polar surface area (TPSA) is 62.8 Å². The predicted molar refractivity (Wildman–Crippen MR) is 106 cm³/mol. The quantitative estimate of drug-likeness (QED) is 0.396. The maximum atomic E-state index is 12.4. The summed E-state index contributed by atoms with van der Waals surface area (Å²) in [6, 6.07) is 19.1. The van der Waals surface area contributed by atoms with Crippen molar-refractivity contribution in [3.8, 4) is 11.1 Å². The molecule has 1 aromatic heterocycles. The number of carbonyl (C=O) groups is 1. The molecule has 2 aromatic carbocycles. The predicted octanol–water partition coefficient (Wildman–Crippen LogP) is 4.54. The van der Waals surface area contributed by atoms with Gasteiger partial charge in [0.15, 0.2) is 10.9 Å². The molecule has 1 heterocycles. The Balaban J connectivity index is 1.68. The first kappa shape index (κ1) is 18.1. The van der Waals surface area contributed by atoms with Crippen LogP contribution in [0, 0.1) is 0 Å². The number of benzene rings is 2. The van der Waals surface area contributed by atoms with E-state index in [9.17, 15) is 9.59 Å². The molecule has 1 N–H and O–H groups in total. The lowest BCUT2D eigenvalue weighted by molar-refractivity contribution is 0.102. The Bertz CT molecular complexity index is 948. The number of carbonyl (C=O) groups excluding carboxylic acids is 1. The van der Waals surface area contributed by atoms with Gasteiger partial charge in [0.2, 0.25) is 0 Å². The van der Waals surface area contributed by atoms with Crippen molar-refractivity contribution in [1.29, 1.82) is 0 Å². The van der Waals surface area contributed by atoms with Crippen molar-refractivity contribution >= 4 is 17.5 Å². The molecule has 5 heteroatoms. The monoisotopic (exact) mass is 364 g/mol. The largest absolute Gasteiger partial charge is 0.301 e. The van der Waals surface area contributed by atoms with Crippen LogP contribution in [0.1, 0.15) is 35.8 Å². The fraction of sp³-hybridized carbons (Fsp3) is 0.190. The van der Waals surface area contributed by atoms with Gasteiger partial charge in [-0.2, -0.15) is 0 Å². The van der Waals surface area contributed by atoms with Gasteiger partial charge in [0, 0.05) is 11.6 Å². The van der Waals surface area contributed by atoms with Gasteiger partial charge in [-0.25, -0.2) is 4.98 Å². The van der Waals surface area contributed by atoms with Gasteiger partial charge in [-0.3, -0.25) is 9.59 Å². The summed E-state index contributed by atoms with van der Waals surface area (Å²) in [6.07, 6.45) is 0. The second-order valence-electron chi connectivity index (χ2n) is 6.29. The summed E-state index contributed by atoms with van der Waals surface area (Å²) in [5, 5.41) is 0.482. The SMILES string of the molecule is CC(C)c1cc(=O)[nH]c(SCC(=O)c2ccc(-c3ccccc3)cc2)n1. The van der Waals surface area contributed by atoms with Crippen molar-refractivity contribution in [3.63, 3.8) is 0 Å². The molecule has 0 saturated heterocycles. The van der Waals surface area contributed by atoms with E-state index in [1.165, 1.54) is 17.8 Å². The van der Waals surface area contributed by atoms with E-state index in [-0.39, 0.29) is 23.0 Å². The van der Waals surface area contributed by atoms with Crippen LogP contribution < -0.4 is 5.56 Å². The molecule has 26 heavy (non-hydrogen) atoms. The minimum atomic E-state index is -0.189. The van der Waals surface area contributed by atoms with Crippen molar-refractivity contribution in [2.75, 3.05) is 5.75 Å². The van der Waals surface area contributed by atoms with Crippen LogP contribution in [0.3, 0.4) is 0 Å². The molecule has 0 aliphatic heterocycles. The molecule has 0 spiro atoms. The van der Waals surface area contributed by atoms with Crippen LogP contribution >= 0.6 is 11.8 Å². The summed E-state index contributed by atoms with van der Waals surface area (Å²) in [5.74, 6) is 0.403. The molecule has 0 unspecified atom stereocenters. The summed E-state index contributed by atoms with van der Waals surface area (Å²) < 4.78 is 0. The zero-order valence-electron chi connectivity index (χ0n) is 14.7. The number of rotatable bonds is 6. The van der Waals surface area contributed by atoms with Crippen LogP contribution in [0.2, 0.25) is 0 Å². The third kappa shape index (κ3) is 4.49. The van der Waals surface area contributed by atoms with E-state index in [1.54, 1.807) is 0 Å². The molecule has 0 aliphatic rings. The van der Waals surface area contributed by atoms with Gasteiger partial charge in [0.05, 0.1) is 11.4 Å². The number of aromatic nitrogens is 2. The number of thioether (sulfide) groups is 1. The zero-order valence-corrected chi connectivity index (χ0v) is 15.5. The first-order valence-corrected chi connectivity index (χ1v) is 9.44. The van der Waals surface area contributed by atoms with Crippen molar-refractivity contribution in [1.82, 2.24) is 9.97 Å². The molecule has 3 rings (SSSR count). The summed E-state index contributed by atoms with van der Waals surface area (Å²) in [7, 11) is 0. The van der Waals surface area contributed by atoms with Gasteiger partial charge in [0.25, 0.3) is 5.56 Å². The number of H-pyrrole nitrogens is 1. The first-order chi connectivity index (χ1) is 12.5. The second kappa shape index (κ2) is 8.15. The standard InChI is InChI=1S/C21H20N2O2S/c1-14(2)18-12-20(25)23-21(22-18)26-13-19(24)17-10-8-16(9-11-17)15-6-4-3-5-7-15/h3-12,14H,13H2,1-2H3,(H,22,23,25). The van der Waals surface area contributed by atoms with E-state index >= 15 is 0 Å². The third-order valence-corrected chi connectivity index (χ3v) is 4.86. The van der Waals surface area contributed by atoms with Gasteiger partial charge in [-0.05, 0) is 17.0 Å². The minimum absolute atomic E-state index is 0.00668. The van der Waals surface area contributed by atoms with Crippen molar-refractivity contribution in [3.05, 3.63) is 82.3 Å². The Kier molecular flexibility index (Phi) is 5.68. The molecular formula is C21H20N2O2S. The van der Waals surface area contributed by atoms with Crippen molar-refractivity contribution in [2.24, 2.45) is 0 Å². The Morgan fingerprint density at radius 1 is 1.04 bits per heavy atom. The van der Waals surface area contributed by atoms with E-state index in [1.807, 2.05) is 68.4 Å². The van der Waals surface area contributed by atoms with E-state index < -0.39 is 0 Å². The molecule has 132 valence electrons. The summed E-state index contributed by atoms with van der Waals surface area (Å²) in [6.45, 7) is 3.96. The van der Waals surface area contributed by atoms with Gasteiger partial charge in [-0.1, -0.05) is 80.2 Å². The summed E-state index contributed by atoms with van der Waals surface area (Å²) in [4.78, 5) is 31.2. The highest BCUT2D eigenvalue weighted by Gasteiger charge is 2.10. The molecule has 0 saturated carbocycles. The third-order valence-electron chi connectivity index (χ3n) is 3.99. The highest BCUT2D eigenvalue weighted by Crippen LogP contribution is 2.21. The molecule has 0 amide bonds. The molecule has 4 nitrogen and oxygen atoms in total. The lowest BCUT2D eigenvalue weighted by Gasteiger charge is -2.07. The van der Waals surface area contributed by atoms with Gasteiger partial charge in [0.1, 0.15) is 0 Å². The number of ketones is 1. The van der Waals surface area contributed by atoms with E-state index in [0.717, 1.165) is 16.8 Å². The first-order valence-electron chi connectivity index (χ1n) is 8.45. The van der Waals surface area contributed by atoms with Crippen molar-refractivity contribution in [2.45, 2.75) is 24.9 Å². The molecule has 0 aliphatic carbocycles. The zero-order chi connectivity index (χ0) is 18.5. The fourth-order valence-corrected chi connectivity index (χ4v) is 3.29. The van der Waals surface area contributed by atoms with Crippen LogP contribution in [0.25, 0.3) is 11.1 Å². The number of nitrogens with zero attached hydrogens (tertiary/aromatic N) is 1. The molecule has 0 radical (unpaired) electrons. The number of aromatic amines is 1. The normalized spacial score (nSPS) is 10.9. The Labute approximate surface area is 156 Å². The smallest absolute Gasteiger partial charge is 0.251 e. The molecule has 3 aromatic rings. The number of hydrogen-bond acceptors (Lipinski definition) is 4. The van der Waals surface area contributed by atoms with Crippen molar-refractivity contribution < 1.29 is 4.79 Å². The lowest BCUT2D eigenvalue weighted by Crippen LogP contribution is -2.12. The number of Topliss-reactive ketones (excluding diaryl/α,β-unsaturated/α-hetero) is 1. The minimum Gasteiger partial charge on any atom is -0.301 e. The maximum Gasteiger partial charge on any atom is 0.251 e. The molecule has 0 bridgehead atoms. The Hall–Kier alpha value is -2.66. The average molecular weight is 364 g/mol. The van der Waals surface area contributed by atoms with Gasteiger partial charge >= 0.3 is 0 Å². The molecule has 0 fully saturated rings. The van der Waals surface area contributed by atoms with Crippen LogP contribution in [0.5, 0.6) is 0 Å². The number of nitrogens with one attached hydrogen (secondary N) is 1. The van der Waals surface area contributed by atoms with Crippen LogP contribution in [0.15, 0.2) is 70.6 Å². The second-order valence-corrected chi connectivity index (χ2v) is 7.25. The van der Waals surface area contributed by atoms with E-state index in [4.69, 9.17) is 0 Å².